The van der Waals surface area contributed by atoms with Gasteiger partial charge in [-0.2, -0.15) is 0 Å². The van der Waals surface area contributed by atoms with Gasteiger partial charge < -0.3 is 5.32 Å². The summed E-state index contributed by atoms with van der Waals surface area (Å²) in [5.41, 5.74) is 1.83. The van der Waals surface area contributed by atoms with Crippen LogP contribution in [0.3, 0.4) is 0 Å². The molecule has 1 unspecified atom stereocenters. The molecule has 0 aliphatic heterocycles. The van der Waals surface area contributed by atoms with Crippen molar-refractivity contribution in [2.24, 2.45) is 17.3 Å². The summed E-state index contributed by atoms with van der Waals surface area (Å²) in [5.74, 6) is 1.72. The lowest BCUT2D eigenvalue weighted by atomic mass is 9.68. The number of pyridine rings is 1. The molecule has 2 rings (SSSR count). The molecule has 1 heterocycles. The van der Waals surface area contributed by atoms with E-state index in [1.54, 1.807) is 0 Å². The van der Waals surface area contributed by atoms with Crippen molar-refractivity contribution in [3.05, 3.63) is 30.1 Å². The van der Waals surface area contributed by atoms with Crippen LogP contribution in [0.2, 0.25) is 0 Å². The van der Waals surface area contributed by atoms with Gasteiger partial charge in [-0.1, -0.05) is 26.8 Å². The van der Waals surface area contributed by atoms with E-state index in [-0.39, 0.29) is 0 Å². The second-order valence-corrected chi connectivity index (χ2v) is 7.44. The number of hydrogen-bond acceptors (Lipinski definition) is 2. The van der Waals surface area contributed by atoms with E-state index in [1.807, 2.05) is 18.5 Å². The summed E-state index contributed by atoms with van der Waals surface area (Å²) in [6.07, 6.45) is 10.5. The lowest BCUT2D eigenvalue weighted by molar-refractivity contribution is 0.134. The minimum atomic E-state index is 0.476. The molecule has 1 aliphatic carbocycles. The van der Waals surface area contributed by atoms with Gasteiger partial charge in [-0.05, 0) is 68.0 Å². The smallest absolute Gasteiger partial charge is 0.0300 e. The SMILES string of the molecule is CNC(Cc1cccnc1)C1CCC(C(C)(C)C)CC1. The molecule has 0 spiro atoms. The Morgan fingerprint density at radius 3 is 2.45 bits per heavy atom. The molecule has 1 aromatic heterocycles. The van der Waals surface area contributed by atoms with Crippen LogP contribution in [0.4, 0.5) is 0 Å². The van der Waals surface area contributed by atoms with E-state index in [0.29, 0.717) is 11.5 Å². The lowest BCUT2D eigenvalue weighted by Crippen LogP contribution is -2.39. The van der Waals surface area contributed by atoms with Crippen molar-refractivity contribution in [1.82, 2.24) is 10.3 Å². The first-order valence-corrected chi connectivity index (χ1v) is 8.07. The Balaban J connectivity index is 1.91. The van der Waals surface area contributed by atoms with Gasteiger partial charge in [0.05, 0.1) is 0 Å². The molecule has 2 nitrogen and oxygen atoms in total. The number of rotatable bonds is 4. The van der Waals surface area contributed by atoms with Gasteiger partial charge in [0, 0.05) is 18.4 Å². The highest BCUT2D eigenvalue weighted by molar-refractivity contribution is 5.10. The Bertz CT molecular complexity index is 386. The van der Waals surface area contributed by atoms with E-state index in [1.165, 1.54) is 31.2 Å². The van der Waals surface area contributed by atoms with Crippen molar-refractivity contribution in [3.63, 3.8) is 0 Å². The Labute approximate surface area is 124 Å². The number of aromatic nitrogens is 1. The Kier molecular flexibility index (Phi) is 5.20. The normalized spacial score (nSPS) is 25.4. The molecule has 1 atom stereocenters. The van der Waals surface area contributed by atoms with E-state index < -0.39 is 0 Å². The summed E-state index contributed by atoms with van der Waals surface area (Å²) in [6, 6.07) is 4.83. The van der Waals surface area contributed by atoms with Crippen molar-refractivity contribution in [3.8, 4) is 0 Å². The molecule has 20 heavy (non-hydrogen) atoms. The molecule has 0 amide bonds. The third kappa shape index (κ3) is 4.05. The average Bonchev–Trinajstić information content (AvgIpc) is 2.45. The van der Waals surface area contributed by atoms with Crippen molar-refractivity contribution >= 4 is 0 Å². The van der Waals surface area contributed by atoms with Crippen LogP contribution in [0.25, 0.3) is 0 Å². The number of nitrogens with one attached hydrogen (secondary N) is 1. The van der Waals surface area contributed by atoms with Crippen LogP contribution in [0.1, 0.15) is 52.0 Å². The maximum atomic E-state index is 4.23. The van der Waals surface area contributed by atoms with Gasteiger partial charge in [0.25, 0.3) is 0 Å². The highest BCUT2D eigenvalue weighted by Gasteiger charge is 2.32. The third-order valence-corrected chi connectivity index (χ3v) is 5.11. The molecular weight excluding hydrogens is 244 g/mol. The quantitative estimate of drug-likeness (QED) is 0.895. The summed E-state index contributed by atoms with van der Waals surface area (Å²) in [4.78, 5) is 4.23. The van der Waals surface area contributed by atoms with E-state index in [0.717, 1.165) is 18.3 Å². The molecule has 1 fully saturated rings. The first kappa shape index (κ1) is 15.5. The molecular formula is C18H30N2. The van der Waals surface area contributed by atoms with Gasteiger partial charge >= 0.3 is 0 Å². The van der Waals surface area contributed by atoms with E-state index in [4.69, 9.17) is 0 Å². The van der Waals surface area contributed by atoms with Crippen LogP contribution in [-0.2, 0) is 6.42 Å². The Hall–Kier alpha value is -0.890. The van der Waals surface area contributed by atoms with Crippen LogP contribution < -0.4 is 5.32 Å². The summed E-state index contributed by atoms with van der Waals surface area (Å²) < 4.78 is 0. The van der Waals surface area contributed by atoms with Crippen LogP contribution in [-0.4, -0.2) is 18.1 Å². The second kappa shape index (κ2) is 6.71. The fourth-order valence-electron chi connectivity index (χ4n) is 3.66. The highest BCUT2D eigenvalue weighted by Crippen LogP contribution is 2.40. The molecule has 2 heteroatoms. The van der Waals surface area contributed by atoms with Gasteiger partial charge in [0.15, 0.2) is 0 Å². The molecule has 0 bridgehead atoms. The predicted molar refractivity (Wildman–Crippen MR) is 85.7 cm³/mol. The monoisotopic (exact) mass is 274 g/mol. The Morgan fingerprint density at radius 1 is 1.25 bits per heavy atom. The van der Waals surface area contributed by atoms with Gasteiger partial charge in [0.1, 0.15) is 0 Å². The van der Waals surface area contributed by atoms with Crippen molar-refractivity contribution in [2.75, 3.05) is 7.05 Å². The van der Waals surface area contributed by atoms with Gasteiger partial charge in [-0.15, -0.1) is 0 Å². The zero-order valence-electron chi connectivity index (χ0n) is 13.5. The maximum absolute atomic E-state index is 4.23. The van der Waals surface area contributed by atoms with Gasteiger partial charge in [0.2, 0.25) is 0 Å². The summed E-state index contributed by atoms with van der Waals surface area (Å²) in [6.45, 7) is 7.18. The predicted octanol–water partition coefficient (Wildman–Crippen LogP) is 4.06. The van der Waals surface area contributed by atoms with E-state index in [9.17, 15) is 0 Å². The van der Waals surface area contributed by atoms with Gasteiger partial charge in [-0.25, -0.2) is 0 Å². The molecule has 0 saturated heterocycles. The standard InChI is InChI=1S/C18H30N2/c1-18(2,3)16-9-7-15(8-10-16)17(19-4)12-14-6-5-11-20-13-14/h5-6,11,13,15-17,19H,7-10,12H2,1-4H3. The second-order valence-electron chi connectivity index (χ2n) is 7.44. The zero-order chi connectivity index (χ0) is 14.6. The lowest BCUT2D eigenvalue weighted by Gasteiger charge is -2.39. The maximum Gasteiger partial charge on any atom is 0.0300 e. The van der Waals surface area contributed by atoms with Crippen LogP contribution >= 0.6 is 0 Å². The van der Waals surface area contributed by atoms with E-state index >= 15 is 0 Å². The van der Waals surface area contributed by atoms with Crippen molar-refractivity contribution < 1.29 is 0 Å². The molecule has 0 aromatic carbocycles. The summed E-state index contributed by atoms with van der Waals surface area (Å²) in [5, 5.41) is 3.55. The molecule has 1 aliphatic rings. The fraction of sp³-hybridized carbons (Fsp3) is 0.722. The number of likely N-dealkylation sites (N-methyl/N-ethyl adjacent to an activating group) is 1. The molecule has 0 radical (unpaired) electrons. The third-order valence-electron chi connectivity index (χ3n) is 5.11. The molecule has 1 saturated carbocycles. The first-order valence-electron chi connectivity index (χ1n) is 8.07. The largest absolute Gasteiger partial charge is 0.316 e. The fourth-order valence-corrected chi connectivity index (χ4v) is 3.66. The summed E-state index contributed by atoms with van der Waals surface area (Å²) >= 11 is 0. The van der Waals surface area contributed by atoms with Crippen LogP contribution in [0.5, 0.6) is 0 Å². The molecule has 112 valence electrons. The molecule has 1 N–H and O–H groups in total. The minimum Gasteiger partial charge on any atom is -0.316 e. The van der Waals surface area contributed by atoms with Gasteiger partial charge in [-0.3, -0.25) is 4.98 Å². The van der Waals surface area contributed by atoms with Crippen molar-refractivity contribution in [1.29, 1.82) is 0 Å². The van der Waals surface area contributed by atoms with Crippen molar-refractivity contribution in [2.45, 2.75) is 58.9 Å². The topological polar surface area (TPSA) is 24.9 Å². The molecule has 1 aromatic rings. The Morgan fingerprint density at radius 2 is 1.95 bits per heavy atom. The van der Waals surface area contributed by atoms with Crippen LogP contribution in [0.15, 0.2) is 24.5 Å². The number of hydrogen-bond donors (Lipinski definition) is 1. The zero-order valence-corrected chi connectivity index (χ0v) is 13.5. The average molecular weight is 274 g/mol. The minimum absolute atomic E-state index is 0.476. The summed E-state index contributed by atoms with van der Waals surface area (Å²) in [7, 11) is 2.11. The number of nitrogens with zero attached hydrogens (tertiary/aromatic N) is 1. The first-order chi connectivity index (χ1) is 9.50. The highest BCUT2D eigenvalue weighted by atomic mass is 14.9. The van der Waals surface area contributed by atoms with E-state index in [2.05, 4.69) is 44.2 Å². The van der Waals surface area contributed by atoms with Crippen LogP contribution in [0, 0.1) is 17.3 Å².